The molecule has 1 aliphatic rings. The Bertz CT molecular complexity index is 379. The van der Waals surface area contributed by atoms with Crippen molar-refractivity contribution in [3.05, 3.63) is 23.8 Å². The highest BCUT2D eigenvalue weighted by molar-refractivity contribution is 5.94. The molecule has 0 bridgehead atoms. The van der Waals surface area contributed by atoms with Crippen LogP contribution in [-0.4, -0.2) is 22.3 Å². The molecule has 1 rings (SSSR count). The minimum Gasteiger partial charge on any atom is -0.381 e. The van der Waals surface area contributed by atoms with Crippen molar-refractivity contribution >= 4 is 11.6 Å². The van der Waals surface area contributed by atoms with E-state index in [2.05, 4.69) is 0 Å². The van der Waals surface area contributed by atoms with Gasteiger partial charge in [0.05, 0.1) is 0 Å². The molecule has 0 aromatic carbocycles. The SMILES string of the molecule is CC(=O)C=CC1(O)C(C)=CC(=O)C(C)C1C. The van der Waals surface area contributed by atoms with Gasteiger partial charge in [-0.3, -0.25) is 9.59 Å². The third-order valence-corrected chi connectivity index (χ3v) is 3.46. The molecular weight excluding hydrogens is 204 g/mol. The second-order valence-corrected chi connectivity index (χ2v) is 4.58. The number of ketones is 2. The molecule has 3 unspecified atom stereocenters. The number of hydrogen-bond acceptors (Lipinski definition) is 3. The fourth-order valence-electron chi connectivity index (χ4n) is 1.97. The Kier molecular flexibility index (Phi) is 3.48. The van der Waals surface area contributed by atoms with Gasteiger partial charge in [-0.25, -0.2) is 0 Å². The maximum atomic E-state index is 11.6. The van der Waals surface area contributed by atoms with Crippen molar-refractivity contribution in [2.24, 2.45) is 11.8 Å². The highest BCUT2D eigenvalue weighted by Gasteiger charge is 2.42. The van der Waals surface area contributed by atoms with E-state index in [1.54, 1.807) is 13.8 Å². The smallest absolute Gasteiger partial charge is 0.158 e. The van der Waals surface area contributed by atoms with Gasteiger partial charge in [0.15, 0.2) is 11.6 Å². The Morgan fingerprint density at radius 2 is 2.06 bits per heavy atom. The third-order valence-electron chi connectivity index (χ3n) is 3.46. The maximum Gasteiger partial charge on any atom is 0.158 e. The zero-order valence-electron chi connectivity index (χ0n) is 10.2. The van der Waals surface area contributed by atoms with E-state index in [9.17, 15) is 14.7 Å². The summed E-state index contributed by atoms with van der Waals surface area (Å²) >= 11 is 0. The average molecular weight is 222 g/mol. The Hall–Kier alpha value is -1.22. The summed E-state index contributed by atoms with van der Waals surface area (Å²) in [4.78, 5) is 22.5. The number of carbonyl (C=O) groups is 2. The number of hydrogen-bond donors (Lipinski definition) is 1. The molecule has 0 amide bonds. The summed E-state index contributed by atoms with van der Waals surface area (Å²) in [6.07, 6.45) is 4.32. The molecule has 0 heterocycles. The molecule has 0 aromatic rings. The summed E-state index contributed by atoms with van der Waals surface area (Å²) < 4.78 is 0. The van der Waals surface area contributed by atoms with Gasteiger partial charge in [0.25, 0.3) is 0 Å². The third kappa shape index (κ3) is 2.14. The summed E-state index contributed by atoms with van der Waals surface area (Å²) in [5.74, 6) is -0.533. The van der Waals surface area contributed by atoms with Gasteiger partial charge in [0.1, 0.15) is 5.60 Å². The first kappa shape index (κ1) is 12.8. The Morgan fingerprint density at radius 1 is 1.50 bits per heavy atom. The molecule has 88 valence electrons. The Morgan fingerprint density at radius 3 is 2.56 bits per heavy atom. The molecule has 1 aliphatic carbocycles. The molecule has 1 N–H and O–H groups in total. The summed E-state index contributed by atoms with van der Waals surface area (Å²) in [5.41, 5.74) is -0.584. The normalized spacial score (nSPS) is 35.3. The van der Waals surface area contributed by atoms with Gasteiger partial charge < -0.3 is 5.11 Å². The maximum absolute atomic E-state index is 11.6. The first-order valence-corrected chi connectivity index (χ1v) is 5.44. The lowest BCUT2D eigenvalue weighted by Gasteiger charge is -2.38. The molecule has 16 heavy (non-hydrogen) atoms. The molecule has 0 spiro atoms. The molecule has 0 saturated heterocycles. The van der Waals surface area contributed by atoms with Gasteiger partial charge in [-0.2, -0.15) is 0 Å². The van der Waals surface area contributed by atoms with Crippen LogP contribution in [0, 0.1) is 11.8 Å². The van der Waals surface area contributed by atoms with E-state index in [1.165, 1.54) is 25.2 Å². The summed E-state index contributed by atoms with van der Waals surface area (Å²) in [5, 5.41) is 10.5. The van der Waals surface area contributed by atoms with Crippen molar-refractivity contribution < 1.29 is 14.7 Å². The molecule has 3 atom stereocenters. The van der Waals surface area contributed by atoms with Gasteiger partial charge in [-0.1, -0.05) is 13.8 Å². The molecule has 0 fully saturated rings. The Balaban J connectivity index is 3.15. The van der Waals surface area contributed by atoms with E-state index in [1.807, 2.05) is 6.92 Å². The fourth-order valence-corrected chi connectivity index (χ4v) is 1.97. The molecule has 0 aliphatic heterocycles. The second kappa shape index (κ2) is 4.34. The van der Waals surface area contributed by atoms with Crippen molar-refractivity contribution in [1.82, 2.24) is 0 Å². The largest absolute Gasteiger partial charge is 0.381 e. The quantitative estimate of drug-likeness (QED) is 0.723. The molecule has 0 saturated carbocycles. The van der Waals surface area contributed by atoms with Crippen LogP contribution in [0.25, 0.3) is 0 Å². The van der Waals surface area contributed by atoms with Gasteiger partial charge in [-0.05, 0) is 37.6 Å². The van der Waals surface area contributed by atoms with Crippen LogP contribution in [0.1, 0.15) is 27.7 Å². The van der Waals surface area contributed by atoms with Crippen molar-refractivity contribution in [1.29, 1.82) is 0 Å². The average Bonchev–Trinajstić information content (AvgIpc) is 2.21. The van der Waals surface area contributed by atoms with Crippen LogP contribution in [0.3, 0.4) is 0 Å². The van der Waals surface area contributed by atoms with E-state index in [0.29, 0.717) is 5.57 Å². The lowest BCUT2D eigenvalue weighted by Crippen LogP contribution is -2.44. The molecule has 3 heteroatoms. The van der Waals surface area contributed by atoms with E-state index < -0.39 is 5.60 Å². The summed E-state index contributed by atoms with van der Waals surface area (Å²) in [7, 11) is 0. The van der Waals surface area contributed by atoms with E-state index >= 15 is 0 Å². The molecular formula is C13H18O3. The monoisotopic (exact) mass is 222 g/mol. The van der Waals surface area contributed by atoms with Crippen LogP contribution in [0.15, 0.2) is 23.8 Å². The van der Waals surface area contributed by atoms with Crippen molar-refractivity contribution in [2.45, 2.75) is 33.3 Å². The second-order valence-electron chi connectivity index (χ2n) is 4.58. The van der Waals surface area contributed by atoms with Crippen LogP contribution in [0.5, 0.6) is 0 Å². The van der Waals surface area contributed by atoms with Crippen LogP contribution >= 0.6 is 0 Å². The number of rotatable bonds is 2. The zero-order valence-corrected chi connectivity index (χ0v) is 10.2. The summed E-state index contributed by atoms with van der Waals surface area (Å²) in [6, 6.07) is 0. The van der Waals surface area contributed by atoms with Crippen LogP contribution < -0.4 is 0 Å². The lowest BCUT2D eigenvalue weighted by atomic mass is 9.70. The predicted molar refractivity (Wildman–Crippen MR) is 61.9 cm³/mol. The van der Waals surface area contributed by atoms with E-state index in [0.717, 1.165) is 0 Å². The Labute approximate surface area is 95.9 Å². The van der Waals surface area contributed by atoms with E-state index in [4.69, 9.17) is 0 Å². The minimum absolute atomic E-state index is 0.0332. The number of allylic oxidation sites excluding steroid dienone is 2. The topological polar surface area (TPSA) is 54.4 Å². The fraction of sp³-hybridized carbons (Fsp3) is 0.538. The van der Waals surface area contributed by atoms with Gasteiger partial charge >= 0.3 is 0 Å². The lowest BCUT2D eigenvalue weighted by molar-refractivity contribution is -0.122. The van der Waals surface area contributed by atoms with Gasteiger partial charge in [0, 0.05) is 11.8 Å². The first-order valence-electron chi connectivity index (χ1n) is 5.44. The van der Waals surface area contributed by atoms with Crippen LogP contribution in [-0.2, 0) is 9.59 Å². The standard InChI is InChI=1S/C13H18O3/c1-8-7-12(15)10(3)11(4)13(8,16)6-5-9(2)14/h5-7,10-11,16H,1-4H3. The van der Waals surface area contributed by atoms with Gasteiger partial charge in [0.2, 0.25) is 0 Å². The predicted octanol–water partition coefficient (Wildman–Crippen LogP) is 1.66. The first-order chi connectivity index (χ1) is 7.29. The molecule has 3 nitrogen and oxygen atoms in total. The van der Waals surface area contributed by atoms with Crippen LogP contribution in [0.2, 0.25) is 0 Å². The number of carbonyl (C=O) groups excluding carboxylic acids is 2. The van der Waals surface area contributed by atoms with Crippen molar-refractivity contribution in [2.75, 3.05) is 0 Å². The highest BCUT2D eigenvalue weighted by Crippen LogP contribution is 2.37. The zero-order chi connectivity index (χ0) is 12.5. The highest BCUT2D eigenvalue weighted by atomic mass is 16.3. The number of aliphatic hydroxyl groups is 1. The van der Waals surface area contributed by atoms with Crippen molar-refractivity contribution in [3.8, 4) is 0 Å². The van der Waals surface area contributed by atoms with Crippen molar-refractivity contribution in [3.63, 3.8) is 0 Å². The molecule has 0 aromatic heterocycles. The van der Waals surface area contributed by atoms with E-state index in [-0.39, 0.29) is 23.4 Å². The van der Waals surface area contributed by atoms with Gasteiger partial charge in [-0.15, -0.1) is 0 Å². The summed E-state index contributed by atoms with van der Waals surface area (Å²) in [6.45, 7) is 6.76. The van der Waals surface area contributed by atoms with Crippen LogP contribution in [0.4, 0.5) is 0 Å². The minimum atomic E-state index is -1.18. The molecule has 0 radical (unpaired) electrons.